The van der Waals surface area contributed by atoms with E-state index < -0.39 is 91.5 Å². The van der Waals surface area contributed by atoms with Crippen LogP contribution in [0.2, 0.25) is 0 Å². The first kappa shape index (κ1) is 29.8. The number of aromatic hydroxyl groups is 5. The lowest BCUT2D eigenvalue weighted by molar-refractivity contribution is -0.344. The fraction of sp³-hybridized carbons (Fsp3) is 0.423. The summed E-state index contributed by atoms with van der Waals surface area (Å²) in [6.07, 6.45) is -15.0. The quantitative estimate of drug-likeness (QED) is 0.115. The molecule has 11 N–H and O–H groups in total. The Morgan fingerprint density at radius 1 is 0.786 bits per heavy atom. The summed E-state index contributed by atoms with van der Waals surface area (Å²) in [5, 5.41) is 112. The summed E-state index contributed by atoms with van der Waals surface area (Å²) in [4.78, 5) is 0. The van der Waals surface area contributed by atoms with E-state index in [1.54, 1.807) is 0 Å². The van der Waals surface area contributed by atoms with Gasteiger partial charge in [0.1, 0.15) is 53.5 Å². The molecule has 2 aliphatic heterocycles. The Kier molecular flexibility index (Phi) is 8.17. The van der Waals surface area contributed by atoms with Crippen molar-refractivity contribution in [1.82, 2.24) is 0 Å². The molecule has 0 radical (unpaired) electrons. The Bertz CT molecular complexity index is 1420. The summed E-state index contributed by atoms with van der Waals surface area (Å²) in [6.45, 7) is -1.24. The van der Waals surface area contributed by atoms with Gasteiger partial charge in [0.15, 0.2) is 29.6 Å². The fourth-order valence-electron chi connectivity index (χ4n) is 4.68. The number of benzene rings is 2. The van der Waals surface area contributed by atoms with E-state index in [0.717, 1.165) is 24.3 Å². The maximum Gasteiger partial charge on any atom is 0.402 e. The molecule has 2 aromatic carbocycles. The van der Waals surface area contributed by atoms with Gasteiger partial charge in [0, 0.05) is 24.3 Å². The van der Waals surface area contributed by atoms with Crippen molar-refractivity contribution >= 4 is 11.0 Å². The van der Waals surface area contributed by atoms with Crippen molar-refractivity contribution in [2.75, 3.05) is 13.2 Å². The molecule has 0 amide bonds. The highest BCUT2D eigenvalue weighted by molar-refractivity contribution is 5.88. The maximum absolute atomic E-state index is 10.9. The molecule has 0 aliphatic carbocycles. The summed E-state index contributed by atoms with van der Waals surface area (Å²) >= 11 is 0. The summed E-state index contributed by atoms with van der Waals surface area (Å²) < 4.78 is 28.3. The maximum atomic E-state index is 10.9. The first-order chi connectivity index (χ1) is 19.9. The van der Waals surface area contributed by atoms with Crippen molar-refractivity contribution in [1.29, 1.82) is 0 Å². The smallest absolute Gasteiger partial charge is 0.402 e. The molecule has 2 fully saturated rings. The number of fused-ring (bicyclic) bond motifs is 1. The predicted octanol–water partition coefficient (Wildman–Crippen LogP) is -1.45. The molecule has 0 bridgehead atoms. The highest BCUT2D eigenvalue weighted by Gasteiger charge is 2.50. The van der Waals surface area contributed by atoms with Crippen LogP contribution in [0.5, 0.6) is 34.5 Å². The van der Waals surface area contributed by atoms with Gasteiger partial charge in [0.05, 0.1) is 24.8 Å². The lowest BCUT2D eigenvalue weighted by Crippen LogP contribution is -2.63. The number of rotatable bonds is 6. The molecule has 9 atom stereocenters. The van der Waals surface area contributed by atoms with E-state index in [4.69, 9.17) is 23.4 Å². The van der Waals surface area contributed by atoms with Gasteiger partial charge in [-0.1, -0.05) is 0 Å². The van der Waals surface area contributed by atoms with Gasteiger partial charge in [0.2, 0.25) is 12.0 Å². The van der Waals surface area contributed by atoms with Crippen LogP contribution in [0.4, 0.5) is 0 Å². The van der Waals surface area contributed by atoms with Crippen molar-refractivity contribution < 1.29 is 79.5 Å². The molecule has 0 spiro atoms. The zero-order chi connectivity index (χ0) is 30.5. The van der Waals surface area contributed by atoms with Gasteiger partial charge in [-0.25, -0.2) is 4.42 Å². The minimum atomic E-state index is -1.84. The third-order valence-electron chi connectivity index (χ3n) is 6.96. The van der Waals surface area contributed by atoms with Gasteiger partial charge in [-0.05, 0) is 0 Å². The second-order valence-corrected chi connectivity index (χ2v) is 9.86. The number of aliphatic hydroxyl groups is 6. The normalized spacial score (nSPS) is 31.7. The molecule has 2 saturated heterocycles. The van der Waals surface area contributed by atoms with Crippen molar-refractivity contribution in [3.05, 3.63) is 30.3 Å². The van der Waals surface area contributed by atoms with Crippen molar-refractivity contribution in [3.8, 4) is 45.8 Å². The van der Waals surface area contributed by atoms with E-state index in [-0.39, 0.29) is 33.8 Å². The summed E-state index contributed by atoms with van der Waals surface area (Å²) in [5.41, 5.74) is -0.174. The highest BCUT2D eigenvalue weighted by atomic mass is 16.8. The number of ether oxygens (including phenoxy) is 4. The Hall–Kier alpha value is -3.71. The van der Waals surface area contributed by atoms with Crippen LogP contribution in [0.1, 0.15) is 0 Å². The zero-order valence-corrected chi connectivity index (χ0v) is 21.5. The van der Waals surface area contributed by atoms with E-state index in [1.165, 1.54) is 6.07 Å². The zero-order valence-electron chi connectivity index (χ0n) is 21.5. The molecule has 3 heterocycles. The summed E-state index contributed by atoms with van der Waals surface area (Å²) in [6, 6.07) is 5.36. The topological polar surface area (TPSA) is 271 Å². The van der Waals surface area contributed by atoms with Crippen LogP contribution in [0.15, 0.2) is 34.7 Å². The molecule has 5 rings (SSSR count). The largest absolute Gasteiger partial charge is 0.507 e. The van der Waals surface area contributed by atoms with E-state index in [9.17, 15) is 56.2 Å². The van der Waals surface area contributed by atoms with E-state index in [1.807, 2.05) is 0 Å². The van der Waals surface area contributed by atoms with Gasteiger partial charge < -0.3 is 75.1 Å². The highest BCUT2D eigenvalue weighted by Crippen LogP contribution is 2.45. The molecule has 1 aromatic heterocycles. The third kappa shape index (κ3) is 5.42. The van der Waals surface area contributed by atoms with Crippen molar-refractivity contribution in [2.45, 2.75) is 55.3 Å². The summed E-state index contributed by atoms with van der Waals surface area (Å²) in [7, 11) is 0. The molecular formula is C26H29O16+. The Morgan fingerprint density at radius 3 is 2.14 bits per heavy atom. The molecule has 0 saturated carbocycles. The van der Waals surface area contributed by atoms with Gasteiger partial charge in [0.25, 0.3) is 0 Å². The average Bonchev–Trinajstić information content (AvgIpc) is 2.95. The second kappa shape index (κ2) is 11.5. The van der Waals surface area contributed by atoms with Crippen LogP contribution in [0.3, 0.4) is 0 Å². The third-order valence-corrected chi connectivity index (χ3v) is 6.96. The van der Waals surface area contributed by atoms with E-state index in [2.05, 4.69) is 0 Å². The van der Waals surface area contributed by atoms with E-state index >= 15 is 0 Å². The molecule has 42 heavy (non-hydrogen) atoms. The monoisotopic (exact) mass is 597 g/mol. The second-order valence-electron chi connectivity index (χ2n) is 9.86. The minimum absolute atomic E-state index is 0.00510. The van der Waals surface area contributed by atoms with Gasteiger partial charge >= 0.3 is 11.3 Å². The van der Waals surface area contributed by atoms with Crippen molar-refractivity contribution in [3.63, 3.8) is 0 Å². The molecule has 16 heteroatoms. The standard InChI is InChI=1S/C26H28O16/c27-6-17-20(35)21(36)24(42-25-22(37)19(34)14(32)7-38-25)26(41-17)40-16-5-10-11(29)3-9(28)4-15(10)39-23(16)8-1-12(30)18(33)13(31)2-8/h1-5,14,17,19-22,24-27,32,34-37H,6-7H2,(H4-,28,29,30,31,33)/p+1/t14-,17-,19+,20-,21+,22-,24-,25+,26-/m0/s1. The lowest BCUT2D eigenvalue weighted by atomic mass is 9.98. The van der Waals surface area contributed by atoms with Crippen molar-refractivity contribution in [2.24, 2.45) is 0 Å². The number of phenolic OH excluding ortho intramolecular Hbond substituents is 5. The van der Waals surface area contributed by atoms with Crippen LogP contribution >= 0.6 is 0 Å². The van der Waals surface area contributed by atoms with Crippen LogP contribution in [-0.4, -0.2) is 125 Å². The molecule has 16 nitrogen and oxygen atoms in total. The van der Waals surface area contributed by atoms with Gasteiger partial charge in [-0.3, -0.25) is 0 Å². The number of hydrogen-bond donors (Lipinski definition) is 11. The predicted molar refractivity (Wildman–Crippen MR) is 135 cm³/mol. The lowest BCUT2D eigenvalue weighted by Gasteiger charge is -2.44. The first-order valence-electron chi connectivity index (χ1n) is 12.6. The fourth-order valence-corrected chi connectivity index (χ4v) is 4.68. The van der Waals surface area contributed by atoms with Crippen LogP contribution < -0.4 is 4.74 Å². The molecule has 0 unspecified atom stereocenters. The molecule has 3 aromatic rings. The Balaban J connectivity index is 1.59. The average molecular weight is 598 g/mol. The molecular weight excluding hydrogens is 568 g/mol. The van der Waals surface area contributed by atoms with E-state index in [0.29, 0.717) is 0 Å². The first-order valence-corrected chi connectivity index (χ1v) is 12.6. The van der Waals surface area contributed by atoms with Crippen LogP contribution in [-0.2, 0) is 14.2 Å². The van der Waals surface area contributed by atoms with Crippen LogP contribution in [0, 0.1) is 0 Å². The van der Waals surface area contributed by atoms with Crippen LogP contribution in [0.25, 0.3) is 22.3 Å². The SMILES string of the molecule is OC[C@@H]1O[C@H](Oc2cc3c(O)cc(O)cc3[o+]c2-c2cc(O)c(O)c(O)c2)[C@@H](O[C@H]2OC[C@H](O)[C@@H](O)[C@@H]2O)[C@H](O)[C@H]1O. The number of hydrogen-bond acceptors (Lipinski definition) is 15. The number of aliphatic hydroxyl groups excluding tert-OH is 6. The van der Waals surface area contributed by atoms with Gasteiger partial charge in [-0.2, -0.15) is 0 Å². The van der Waals surface area contributed by atoms with Gasteiger partial charge in [-0.15, -0.1) is 0 Å². The molecule has 228 valence electrons. The molecule has 2 aliphatic rings. The Morgan fingerprint density at radius 2 is 1.48 bits per heavy atom. The number of phenols is 5. The Labute approximate surface area is 235 Å². The minimum Gasteiger partial charge on any atom is -0.507 e. The summed E-state index contributed by atoms with van der Waals surface area (Å²) in [5.74, 6) is -3.71.